The van der Waals surface area contributed by atoms with Crippen LogP contribution in [0.3, 0.4) is 0 Å². The molecule has 0 saturated carbocycles. The van der Waals surface area contributed by atoms with Gasteiger partial charge in [-0.25, -0.2) is 4.39 Å². The van der Waals surface area contributed by atoms with E-state index in [4.69, 9.17) is 5.10 Å². The van der Waals surface area contributed by atoms with Crippen LogP contribution in [0.5, 0.6) is 0 Å². The molecule has 3 atom stereocenters. The number of aliphatic carboxylic acids is 1. The Hall–Kier alpha value is -2.25. The average molecular weight is 525 g/mol. The molecule has 7 heteroatoms. The Labute approximate surface area is 227 Å². The van der Waals surface area contributed by atoms with E-state index in [1.165, 1.54) is 42.3 Å². The molecule has 1 aliphatic carbocycles. The molecule has 2 saturated heterocycles. The van der Waals surface area contributed by atoms with E-state index < -0.39 is 12.0 Å². The van der Waals surface area contributed by atoms with Crippen LogP contribution in [-0.2, 0) is 24.2 Å². The zero-order valence-electron chi connectivity index (χ0n) is 23.6. The van der Waals surface area contributed by atoms with Crippen LogP contribution in [0.15, 0.2) is 24.3 Å². The molecule has 0 radical (unpaired) electrons. The molecule has 2 aromatic rings. The fraction of sp³-hybridized carbons (Fsp3) is 0.677. The molecule has 2 fully saturated rings. The molecule has 5 rings (SSSR count). The van der Waals surface area contributed by atoms with Crippen LogP contribution in [0.1, 0.15) is 87.7 Å². The third kappa shape index (κ3) is 5.55. The molecule has 1 N–H and O–H groups in total. The lowest BCUT2D eigenvalue weighted by Gasteiger charge is -2.36. The zero-order chi connectivity index (χ0) is 27.0. The van der Waals surface area contributed by atoms with Crippen molar-refractivity contribution in [3.63, 3.8) is 0 Å². The highest BCUT2D eigenvalue weighted by Crippen LogP contribution is 2.40. The Morgan fingerprint density at radius 3 is 2.55 bits per heavy atom. The van der Waals surface area contributed by atoms with Gasteiger partial charge in [-0.05, 0) is 93.1 Å². The first kappa shape index (κ1) is 27.3. The predicted molar refractivity (Wildman–Crippen MR) is 148 cm³/mol. The van der Waals surface area contributed by atoms with Gasteiger partial charge in [-0.15, -0.1) is 0 Å². The molecule has 3 heterocycles. The number of halogens is 1. The molecule has 208 valence electrons. The SMILES string of the molecule is CCn1nc2c(c1C1CCN(C[C@H]3CN([C@@H](C(=O)O)C(C)(C)C)C[C@@H]3c3cccc(F)c3)CC1)CCCC2. The van der Waals surface area contributed by atoms with Gasteiger partial charge in [0, 0.05) is 43.7 Å². The number of carboxylic acids is 1. The summed E-state index contributed by atoms with van der Waals surface area (Å²) in [5, 5.41) is 15.1. The molecule has 0 spiro atoms. The first-order chi connectivity index (χ1) is 18.2. The van der Waals surface area contributed by atoms with E-state index in [0.29, 0.717) is 12.5 Å². The van der Waals surface area contributed by atoms with Crippen LogP contribution < -0.4 is 0 Å². The maximum atomic E-state index is 14.2. The number of aryl methyl sites for hydroxylation is 2. The Bertz CT molecular complexity index is 1130. The minimum absolute atomic E-state index is 0.126. The normalized spacial score (nSPS) is 24.4. The second kappa shape index (κ2) is 11.1. The first-order valence-corrected chi connectivity index (χ1v) is 14.7. The zero-order valence-corrected chi connectivity index (χ0v) is 23.6. The molecule has 38 heavy (non-hydrogen) atoms. The largest absolute Gasteiger partial charge is 0.480 e. The van der Waals surface area contributed by atoms with Crippen molar-refractivity contribution >= 4 is 5.97 Å². The number of hydrogen-bond donors (Lipinski definition) is 1. The number of hydrogen-bond acceptors (Lipinski definition) is 4. The summed E-state index contributed by atoms with van der Waals surface area (Å²) in [6.07, 6.45) is 7.11. The van der Waals surface area contributed by atoms with Crippen molar-refractivity contribution in [2.24, 2.45) is 11.3 Å². The van der Waals surface area contributed by atoms with Crippen molar-refractivity contribution in [2.75, 3.05) is 32.7 Å². The fourth-order valence-corrected chi connectivity index (χ4v) is 7.54. The molecule has 0 unspecified atom stereocenters. The second-order valence-corrected chi connectivity index (χ2v) is 12.9. The van der Waals surface area contributed by atoms with E-state index in [0.717, 1.165) is 57.5 Å². The highest BCUT2D eigenvalue weighted by Gasteiger charge is 2.44. The molecule has 0 bridgehead atoms. The maximum absolute atomic E-state index is 14.2. The van der Waals surface area contributed by atoms with E-state index >= 15 is 0 Å². The van der Waals surface area contributed by atoms with Gasteiger partial charge in [-0.3, -0.25) is 14.4 Å². The molecular weight excluding hydrogens is 479 g/mol. The van der Waals surface area contributed by atoms with Crippen LogP contribution in [0.4, 0.5) is 4.39 Å². The van der Waals surface area contributed by atoms with E-state index in [-0.39, 0.29) is 23.1 Å². The van der Waals surface area contributed by atoms with Crippen LogP contribution in [0.25, 0.3) is 0 Å². The number of aromatic nitrogens is 2. The monoisotopic (exact) mass is 524 g/mol. The summed E-state index contributed by atoms with van der Waals surface area (Å²) in [5.74, 6) is -0.0284. The summed E-state index contributed by atoms with van der Waals surface area (Å²) in [6, 6.07) is 6.37. The fourth-order valence-electron chi connectivity index (χ4n) is 7.54. The average Bonchev–Trinajstić information content (AvgIpc) is 3.44. The van der Waals surface area contributed by atoms with Gasteiger partial charge in [0.15, 0.2) is 0 Å². The molecule has 3 aliphatic rings. The minimum atomic E-state index is -0.771. The van der Waals surface area contributed by atoms with Crippen LogP contribution in [0.2, 0.25) is 0 Å². The van der Waals surface area contributed by atoms with Gasteiger partial charge in [0.05, 0.1) is 5.69 Å². The second-order valence-electron chi connectivity index (χ2n) is 12.9. The van der Waals surface area contributed by atoms with E-state index in [1.807, 2.05) is 26.8 Å². The lowest BCUT2D eigenvalue weighted by atomic mass is 9.85. The third-order valence-electron chi connectivity index (χ3n) is 9.20. The lowest BCUT2D eigenvalue weighted by molar-refractivity contribution is -0.147. The number of likely N-dealkylation sites (tertiary alicyclic amines) is 2. The smallest absolute Gasteiger partial charge is 0.321 e. The predicted octanol–water partition coefficient (Wildman–Crippen LogP) is 5.32. The molecule has 6 nitrogen and oxygen atoms in total. The molecular formula is C31H45FN4O2. The standard InChI is InChI=1S/C31H45FN4O2/c1-5-36-28(25-11-6-7-12-27(25)33-36)21-13-15-34(16-14-21)18-23-19-35(29(30(37)38)31(2,3)4)20-26(23)22-9-8-10-24(32)17-22/h8-10,17,21,23,26,29H,5-7,11-16,18-20H2,1-4H3,(H,37,38)/t23-,26+,29-/m0/s1. The minimum Gasteiger partial charge on any atom is -0.480 e. The number of fused-ring (bicyclic) bond motifs is 1. The van der Waals surface area contributed by atoms with Gasteiger partial charge in [0.1, 0.15) is 11.9 Å². The molecule has 2 aliphatic heterocycles. The number of rotatable bonds is 7. The number of benzene rings is 1. The molecule has 1 aromatic heterocycles. The quantitative estimate of drug-likeness (QED) is 0.532. The summed E-state index contributed by atoms with van der Waals surface area (Å²) in [5.41, 5.74) is 4.99. The molecule has 1 aromatic carbocycles. The lowest BCUT2D eigenvalue weighted by Crippen LogP contribution is -2.48. The van der Waals surface area contributed by atoms with E-state index in [1.54, 1.807) is 12.1 Å². The summed E-state index contributed by atoms with van der Waals surface area (Å²) in [6.45, 7) is 13.5. The number of carbonyl (C=O) groups is 1. The van der Waals surface area contributed by atoms with Gasteiger partial charge in [0.2, 0.25) is 0 Å². The molecule has 0 amide bonds. The van der Waals surface area contributed by atoms with Crippen molar-refractivity contribution in [1.29, 1.82) is 0 Å². The van der Waals surface area contributed by atoms with Gasteiger partial charge in [0.25, 0.3) is 0 Å². The number of carboxylic acid groups (broad SMARTS) is 1. The van der Waals surface area contributed by atoms with Crippen molar-refractivity contribution in [3.05, 3.63) is 52.6 Å². The van der Waals surface area contributed by atoms with Gasteiger partial charge >= 0.3 is 5.97 Å². The van der Waals surface area contributed by atoms with Gasteiger partial charge in [-0.2, -0.15) is 5.10 Å². The number of piperidine rings is 1. The van der Waals surface area contributed by atoms with Crippen molar-refractivity contribution in [3.8, 4) is 0 Å². The van der Waals surface area contributed by atoms with Crippen molar-refractivity contribution < 1.29 is 14.3 Å². The highest BCUT2D eigenvalue weighted by atomic mass is 19.1. The summed E-state index contributed by atoms with van der Waals surface area (Å²) >= 11 is 0. The van der Waals surface area contributed by atoms with Gasteiger partial charge < -0.3 is 10.0 Å². The van der Waals surface area contributed by atoms with Crippen LogP contribution in [-0.4, -0.2) is 69.4 Å². The number of nitrogens with zero attached hydrogens (tertiary/aromatic N) is 4. The maximum Gasteiger partial charge on any atom is 0.321 e. The van der Waals surface area contributed by atoms with Crippen LogP contribution in [0, 0.1) is 17.2 Å². The highest BCUT2D eigenvalue weighted by molar-refractivity contribution is 5.74. The Morgan fingerprint density at radius 1 is 1.16 bits per heavy atom. The summed E-state index contributed by atoms with van der Waals surface area (Å²) < 4.78 is 16.5. The Balaban J connectivity index is 1.31. The Kier molecular flexibility index (Phi) is 7.97. The summed E-state index contributed by atoms with van der Waals surface area (Å²) in [7, 11) is 0. The third-order valence-corrected chi connectivity index (χ3v) is 9.20. The van der Waals surface area contributed by atoms with Crippen LogP contribution >= 0.6 is 0 Å². The summed E-state index contributed by atoms with van der Waals surface area (Å²) in [4.78, 5) is 17.0. The van der Waals surface area contributed by atoms with Crippen molar-refractivity contribution in [1.82, 2.24) is 19.6 Å². The van der Waals surface area contributed by atoms with E-state index in [2.05, 4.69) is 21.4 Å². The van der Waals surface area contributed by atoms with Crippen molar-refractivity contribution in [2.45, 2.75) is 90.6 Å². The van der Waals surface area contributed by atoms with E-state index in [9.17, 15) is 14.3 Å². The first-order valence-electron chi connectivity index (χ1n) is 14.7. The topological polar surface area (TPSA) is 61.6 Å². The Morgan fingerprint density at radius 2 is 1.89 bits per heavy atom. The van der Waals surface area contributed by atoms with Gasteiger partial charge in [-0.1, -0.05) is 32.9 Å².